The second kappa shape index (κ2) is 3.62. The number of hydrogen-bond acceptors (Lipinski definition) is 1. The van der Waals surface area contributed by atoms with E-state index in [-0.39, 0.29) is 5.82 Å². The molecule has 0 saturated heterocycles. The molecule has 0 aliphatic rings. The third-order valence-corrected chi connectivity index (χ3v) is 1.92. The molecule has 0 radical (unpaired) electrons. The van der Waals surface area contributed by atoms with Crippen LogP contribution < -0.4 is 0 Å². The number of aliphatic imine (C=N–C) groups is 1. The molecule has 0 aliphatic carbocycles. The maximum atomic E-state index is 12.5. The van der Waals surface area contributed by atoms with E-state index in [1.807, 2.05) is 0 Å². The van der Waals surface area contributed by atoms with Crippen LogP contribution >= 0.6 is 15.9 Å². The first kappa shape index (κ1) is 8.40. The zero-order valence-corrected chi connectivity index (χ0v) is 7.60. The summed E-state index contributed by atoms with van der Waals surface area (Å²) in [6, 6.07) is 4.49. The highest BCUT2D eigenvalue weighted by atomic mass is 79.9. The van der Waals surface area contributed by atoms with Crippen molar-refractivity contribution < 1.29 is 4.39 Å². The van der Waals surface area contributed by atoms with Crippen LogP contribution in [-0.2, 0) is 0 Å². The summed E-state index contributed by atoms with van der Waals surface area (Å²) < 4.78 is 13.2. The summed E-state index contributed by atoms with van der Waals surface area (Å²) in [6.07, 6.45) is 1.67. The molecule has 0 fully saturated rings. The van der Waals surface area contributed by atoms with Crippen LogP contribution in [0.3, 0.4) is 0 Å². The van der Waals surface area contributed by atoms with E-state index in [2.05, 4.69) is 20.9 Å². The first-order valence-electron chi connectivity index (χ1n) is 3.11. The second-order valence-electron chi connectivity index (χ2n) is 2.05. The van der Waals surface area contributed by atoms with Crippen LogP contribution in [0.5, 0.6) is 0 Å². The van der Waals surface area contributed by atoms with E-state index >= 15 is 0 Å². The zero-order valence-electron chi connectivity index (χ0n) is 6.01. The van der Waals surface area contributed by atoms with Crippen molar-refractivity contribution in [1.29, 1.82) is 0 Å². The lowest BCUT2D eigenvalue weighted by molar-refractivity contribution is 0.627. The van der Waals surface area contributed by atoms with E-state index < -0.39 is 0 Å². The predicted molar refractivity (Wildman–Crippen MR) is 47.6 cm³/mol. The van der Waals surface area contributed by atoms with Crippen molar-refractivity contribution in [1.82, 2.24) is 0 Å². The Morgan fingerprint density at radius 1 is 1.55 bits per heavy atom. The van der Waals surface area contributed by atoms with Crippen LogP contribution in [0, 0.1) is 5.82 Å². The highest BCUT2D eigenvalue weighted by molar-refractivity contribution is 9.10. The quantitative estimate of drug-likeness (QED) is 0.640. The van der Waals surface area contributed by atoms with Gasteiger partial charge in [-0.05, 0) is 18.2 Å². The topological polar surface area (TPSA) is 12.4 Å². The van der Waals surface area contributed by atoms with E-state index in [1.165, 1.54) is 12.1 Å². The Kier molecular flexibility index (Phi) is 2.76. The SMILES string of the molecule is CN=Cc1ccc(F)cc1Br. The maximum absolute atomic E-state index is 12.5. The molecule has 1 rings (SSSR count). The predicted octanol–water partition coefficient (Wildman–Crippen LogP) is 2.64. The molecule has 0 unspecified atom stereocenters. The smallest absolute Gasteiger partial charge is 0.124 e. The van der Waals surface area contributed by atoms with Gasteiger partial charge in [0.25, 0.3) is 0 Å². The van der Waals surface area contributed by atoms with Gasteiger partial charge in [0.15, 0.2) is 0 Å². The normalized spacial score (nSPS) is 10.8. The molecule has 0 saturated carbocycles. The minimum absolute atomic E-state index is 0.245. The largest absolute Gasteiger partial charge is 0.296 e. The fraction of sp³-hybridized carbons (Fsp3) is 0.125. The summed E-state index contributed by atoms with van der Waals surface area (Å²) in [7, 11) is 1.68. The summed E-state index contributed by atoms with van der Waals surface area (Å²) in [4.78, 5) is 3.82. The van der Waals surface area contributed by atoms with Crippen LogP contribution in [0.1, 0.15) is 5.56 Å². The van der Waals surface area contributed by atoms with E-state index in [1.54, 1.807) is 19.3 Å². The lowest BCUT2D eigenvalue weighted by Crippen LogP contribution is -1.84. The van der Waals surface area contributed by atoms with Crippen molar-refractivity contribution in [3.8, 4) is 0 Å². The number of nitrogens with zero attached hydrogens (tertiary/aromatic N) is 1. The lowest BCUT2D eigenvalue weighted by atomic mass is 10.2. The Bertz CT molecular complexity index is 283. The Labute approximate surface area is 73.1 Å². The molecule has 1 aromatic carbocycles. The van der Waals surface area contributed by atoms with Gasteiger partial charge in [-0.3, -0.25) is 4.99 Å². The molecule has 58 valence electrons. The lowest BCUT2D eigenvalue weighted by Gasteiger charge is -1.95. The molecule has 0 aliphatic heterocycles. The molecule has 1 nitrogen and oxygen atoms in total. The third kappa shape index (κ3) is 2.12. The number of hydrogen-bond donors (Lipinski definition) is 0. The summed E-state index contributed by atoms with van der Waals surface area (Å²) in [6.45, 7) is 0. The monoisotopic (exact) mass is 215 g/mol. The number of rotatable bonds is 1. The average Bonchev–Trinajstić information content (AvgIpc) is 1.95. The molecule has 0 atom stereocenters. The molecule has 11 heavy (non-hydrogen) atoms. The fourth-order valence-corrected chi connectivity index (χ4v) is 1.20. The van der Waals surface area contributed by atoms with Gasteiger partial charge in [0.05, 0.1) is 0 Å². The van der Waals surface area contributed by atoms with Crippen molar-refractivity contribution in [2.24, 2.45) is 4.99 Å². The van der Waals surface area contributed by atoms with Crippen molar-refractivity contribution >= 4 is 22.1 Å². The highest BCUT2D eigenvalue weighted by Gasteiger charge is 1.96. The molecular formula is C8H7BrFN. The van der Waals surface area contributed by atoms with Gasteiger partial charge < -0.3 is 0 Å². The minimum atomic E-state index is -0.245. The van der Waals surface area contributed by atoms with Gasteiger partial charge in [-0.2, -0.15) is 0 Å². The van der Waals surface area contributed by atoms with Crippen LogP contribution in [-0.4, -0.2) is 13.3 Å². The Morgan fingerprint density at radius 2 is 2.27 bits per heavy atom. The van der Waals surface area contributed by atoms with E-state index in [9.17, 15) is 4.39 Å². The first-order valence-corrected chi connectivity index (χ1v) is 3.90. The summed E-state index contributed by atoms with van der Waals surface area (Å²) in [5.41, 5.74) is 0.883. The fourth-order valence-electron chi connectivity index (χ4n) is 0.745. The second-order valence-corrected chi connectivity index (χ2v) is 2.91. The van der Waals surface area contributed by atoms with Gasteiger partial charge in [0.1, 0.15) is 5.82 Å². The third-order valence-electron chi connectivity index (χ3n) is 1.23. The van der Waals surface area contributed by atoms with Crippen molar-refractivity contribution in [2.45, 2.75) is 0 Å². The van der Waals surface area contributed by atoms with E-state index in [4.69, 9.17) is 0 Å². The van der Waals surface area contributed by atoms with Gasteiger partial charge in [-0.15, -0.1) is 0 Å². The molecule has 0 N–H and O–H groups in total. The van der Waals surface area contributed by atoms with Gasteiger partial charge >= 0.3 is 0 Å². The van der Waals surface area contributed by atoms with Crippen LogP contribution in [0.15, 0.2) is 27.7 Å². The van der Waals surface area contributed by atoms with Crippen LogP contribution in [0.4, 0.5) is 4.39 Å². The maximum Gasteiger partial charge on any atom is 0.124 e. The zero-order chi connectivity index (χ0) is 8.27. The summed E-state index contributed by atoms with van der Waals surface area (Å²) in [5, 5.41) is 0. The standard InChI is InChI=1S/C8H7BrFN/c1-11-5-6-2-3-7(10)4-8(6)9/h2-5H,1H3. The van der Waals surface area contributed by atoms with Crippen LogP contribution in [0.2, 0.25) is 0 Å². The molecule has 0 spiro atoms. The Hall–Kier alpha value is -0.700. The van der Waals surface area contributed by atoms with Gasteiger partial charge in [-0.25, -0.2) is 4.39 Å². The van der Waals surface area contributed by atoms with E-state index in [0.29, 0.717) is 0 Å². The van der Waals surface area contributed by atoms with Gasteiger partial charge in [0, 0.05) is 23.3 Å². The molecule has 0 bridgehead atoms. The summed E-state index contributed by atoms with van der Waals surface area (Å²) in [5.74, 6) is -0.245. The first-order chi connectivity index (χ1) is 5.24. The Balaban J connectivity index is 3.09. The van der Waals surface area contributed by atoms with Crippen molar-refractivity contribution in [3.63, 3.8) is 0 Å². The van der Waals surface area contributed by atoms with Gasteiger partial charge in [0.2, 0.25) is 0 Å². The molecular weight excluding hydrogens is 209 g/mol. The molecule has 0 amide bonds. The van der Waals surface area contributed by atoms with Crippen LogP contribution in [0.25, 0.3) is 0 Å². The summed E-state index contributed by atoms with van der Waals surface area (Å²) >= 11 is 3.22. The molecule has 0 aromatic heterocycles. The number of halogens is 2. The number of benzene rings is 1. The minimum Gasteiger partial charge on any atom is -0.296 e. The van der Waals surface area contributed by atoms with Gasteiger partial charge in [-0.1, -0.05) is 15.9 Å². The molecule has 3 heteroatoms. The molecule has 0 heterocycles. The van der Waals surface area contributed by atoms with Crippen molar-refractivity contribution in [3.05, 3.63) is 34.1 Å². The van der Waals surface area contributed by atoms with E-state index in [0.717, 1.165) is 10.0 Å². The molecule has 1 aromatic rings. The highest BCUT2D eigenvalue weighted by Crippen LogP contribution is 2.15. The average molecular weight is 216 g/mol. The van der Waals surface area contributed by atoms with Crippen molar-refractivity contribution in [2.75, 3.05) is 7.05 Å². The Morgan fingerprint density at radius 3 is 2.82 bits per heavy atom.